The largest absolute Gasteiger partial charge is 0.425 e. The maximum absolute atomic E-state index is 12.5. The second-order valence-corrected chi connectivity index (χ2v) is 4.59. The van der Waals surface area contributed by atoms with Gasteiger partial charge in [-0.3, -0.25) is 0 Å². The number of nitrogens with one attached hydrogen (secondary N) is 1. The Hall–Kier alpha value is -1.07. The van der Waals surface area contributed by atoms with Crippen LogP contribution in [0, 0.1) is 0 Å². The summed E-state index contributed by atoms with van der Waals surface area (Å²) in [4.78, 5) is -0.538. The minimum atomic E-state index is -4.24. The van der Waals surface area contributed by atoms with Gasteiger partial charge in [0.15, 0.2) is 0 Å². The Balaban J connectivity index is 2.46. The van der Waals surface area contributed by atoms with E-state index in [0.717, 1.165) is 16.9 Å². The van der Waals surface area contributed by atoms with Crippen LogP contribution in [0.5, 0.6) is 0 Å². The molecule has 2 rings (SSSR count). The standard InChI is InChI=1S/C11H10F3NS/c1-15-6-7-2-3-9-8(4-7)5-10(16-9)11(12,13)14/h2-5,15H,6H2,1H3. The van der Waals surface area contributed by atoms with Crippen molar-refractivity contribution in [2.75, 3.05) is 7.05 Å². The molecule has 86 valence electrons. The third kappa shape index (κ3) is 2.20. The summed E-state index contributed by atoms with van der Waals surface area (Å²) in [6.07, 6.45) is -4.24. The fraction of sp³-hybridized carbons (Fsp3) is 0.273. The van der Waals surface area contributed by atoms with E-state index in [-0.39, 0.29) is 0 Å². The maximum Gasteiger partial charge on any atom is 0.425 e. The molecule has 0 saturated carbocycles. The van der Waals surface area contributed by atoms with E-state index in [9.17, 15) is 13.2 Å². The first-order valence-electron chi connectivity index (χ1n) is 4.75. The normalized spacial score (nSPS) is 12.2. The lowest BCUT2D eigenvalue weighted by atomic mass is 10.1. The molecule has 2 aromatic rings. The number of thiophene rings is 1. The van der Waals surface area contributed by atoms with E-state index in [4.69, 9.17) is 0 Å². The number of hydrogen-bond acceptors (Lipinski definition) is 2. The van der Waals surface area contributed by atoms with E-state index in [1.807, 2.05) is 6.07 Å². The smallest absolute Gasteiger partial charge is 0.316 e. The van der Waals surface area contributed by atoms with Crippen LogP contribution in [-0.4, -0.2) is 7.05 Å². The molecule has 0 aliphatic carbocycles. The zero-order valence-electron chi connectivity index (χ0n) is 8.56. The van der Waals surface area contributed by atoms with Gasteiger partial charge in [0, 0.05) is 11.2 Å². The highest BCUT2D eigenvalue weighted by Crippen LogP contribution is 2.38. The van der Waals surface area contributed by atoms with Crippen LogP contribution in [-0.2, 0) is 12.7 Å². The topological polar surface area (TPSA) is 12.0 Å². The van der Waals surface area contributed by atoms with Crippen molar-refractivity contribution in [1.29, 1.82) is 0 Å². The van der Waals surface area contributed by atoms with Gasteiger partial charge < -0.3 is 5.32 Å². The van der Waals surface area contributed by atoms with E-state index in [2.05, 4.69) is 5.32 Å². The van der Waals surface area contributed by atoms with Crippen LogP contribution < -0.4 is 5.32 Å². The Kier molecular flexibility index (Phi) is 2.90. The fourth-order valence-electron chi connectivity index (χ4n) is 1.55. The molecule has 1 aromatic heterocycles. The summed E-state index contributed by atoms with van der Waals surface area (Å²) in [6.45, 7) is 0.660. The quantitative estimate of drug-likeness (QED) is 0.851. The molecule has 0 saturated heterocycles. The summed E-state index contributed by atoms with van der Waals surface area (Å²) in [5.74, 6) is 0. The highest BCUT2D eigenvalue weighted by molar-refractivity contribution is 7.19. The van der Waals surface area contributed by atoms with Gasteiger partial charge in [-0.15, -0.1) is 11.3 Å². The van der Waals surface area contributed by atoms with E-state index in [1.54, 1.807) is 19.2 Å². The lowest BCUT2D eigenvalue weighted by Crippen LogP contribution is -2.04. The van der Waals surface area contributed by atoms with Gasteiger partial charge in [0.2, 0.25) is 0 Å². The summed E-state index contributed by atoms with van der Waals surface area (Å²) in [5.41, 5.74) is 0.988. The van der Waals surface area contributed by atoms with E-state index >= 15 is 0 Å². The minimum Gasteiger partial charge on any atom is -0.316 e. The third-order valence-electron chi connectivity index (χ3n) is 2.24. The van der Waals surface area contributed by atoms with Gasteiger partial charge in [-0.2, -0.15) is 13.2 Å². The summed E-state index contributed by atoms with van der Waals surface area (Å²) >= 11 is 0.786. The summed E-state index contributed by atoms with van der Waals surface area (Å²) in [5, 5.41) is 3.62. The molecular formula is C11H10F3NS. The number of benzene rings is 1. The molecule has 5 heteroatoms. The first-order valence-corrected chi connectivity index (χ1v) is 5.56. The third-order valence-corrected chi connectivity index (χ3v) is 3.40. The van der Waals surface area contributed by atoms with Crippen molar-refractivity contribution in [2.24, 2.45) is 0 Å². The van der Waals surface area contributed by atoms with Crippen LogP contribution in [0.15, 0.2) is 24.3 Å². The van der Waals surface area contributed by atoms with Crippen LogP contribution in [0.25, 0.3) is 10.1 Å². The number of fused-ring (bicyclic) bond motifs is 1. The van der Waals surface area contributed by atoms with E-state index in [1.165, 1.54) is 6.07 Å². The molecule has 0 unspecified atom stereocenters. The Morgan fingerprint density at radius 1 is 1.25 bits per heavy atom. The molecule has 0 fully saturated rings. The highest BCUT2D eigenvalue weighted by atomic mass is 32.1. The summed E-state index contributed by atoms with van der Waals surface area (Å²) < 4.78 is 38.1. The number of hydrogen-bond donors (Lipinski definition) is 1. The average molecular weight is 245 g/mol. The average Bonchev–Trinajstić information content (AvgIpc) is 2.60. The molecule has 0 radical (unpaired) electrons. The van der Waals surface area contributed by atoms with E-state index < -0.39 is 11.1 Å². The molecule has 1 N–H and O–H groups in total. The zero-order valence-corrected chi connectivity index (χ0v) is 9.38. The molecule has 1 nitrogen and oxygen atoms in total. The molecule has 0 aliphatic heterocycles. The first-order chi connectivity index (χ1) is 7.50. The Morgan fingerprint density at radius 2 is 2.00 bits per heavy atom. The fourth-order valence-corrected chi connectivity index (χ4v) is 2.46. The molecule has 0 aliphatic rings. The number of alkyl halides is 3. The maximum atomic E-state index is 12.5. The molecule has 0 atom stereocenters. The lowest BCUT2D eigenvalue weighted by Gasteiger charge is -1.99. The zero-order chi connectivity index (χ0) is 11.8. The van der Waals surface area contributed by atoms with Gasteiger partial charge in [-0.1, -0.05) is 6.07 Å². The van der Waals surface area contributed by atoms with Crippen LogP contribution in [0.1, 0.15) is 10.4 Å². The number of halogens is 3. The van der Waals surface area contributed by atoms with Crippen LogP contribution in [0.4, 0.5) is 13.2 Å². The molecule has 0 amide bonds. The summed E-state index contributed by atoms with van der Waals surface area (Å²) in [7, 11) is 1.80. The molecule has 0 bridgehead atoms. The van der Waals surface area contributed by atoms with Crippen molar-refractivity contribution in [2.45, 2.75) is 12.7 Å². The van der Waals surface area contributed by atoms with Crippen LogP contribution in [0.2, 0.25) is 0 Å². The van der Waals surface area contributed by atoms with Gasteiger partial charge in [0.05, 0.1) is 0 Å². The Bertz CT molecular complexity index is 501. The molecule has 16 heavy (non-hydrogen) atoms. The number of rotatable bonds is 2. The van der Waals surface area contributed by atoms with Gasteiger partial charge in [0.25, 0.3) is 0 Å². The van der Waals surface area contributed by atoms with Crippen molar-refractivity contribution in [3.63, 3.8) is 0 Å². The van der Waals surface area contributed by atoms with Crippen molar-refractivity contribution in [3.8, 4) is 0 Å². The Labute approximate surface area is 94.9 Å². The monoisotopic (exact) mass is 245 g/mol. The second kappa shape index (κ2) is 4.07. The first kappa shape index (κ1) is 11.4. The molecular weight excluding hydrogens is 235 g/mol. The predicted molar refractivity (Wildman–Crippen MR) is 59.6 cm³/mol. The van der Waals surface area contributed by atoms with E-state index in [0.29, 0.717) is 16.6 Å². The van der Waals surface area contributed by atoms with Crippen molar-refractivity contribution >= 4 is 21.4 Å². The van der Waals surface area contributed by atoms with Gasteiger partial charge in [0.1, 0.15) is 4.88 Å². The minimum absolute atomic E-state index is 0.538. The van der Waals surface area contributed by atoms with Gasteiger partial charge >= 0.3 is 6.18 Å². The molecule has 1 aromatic carbocycles. The second-order valence-electron chi connectivity index (χ2n) is 3.51. The SMILES string of the molecule is CNCc1ccc2sc(C(F)(F)F)cc2c1. The summed E-state index contributed by atoms with van der Waals surface area (Å²) in [6, 6.07) is 6.58. The predicted octanol–water partition coefficient (Wildman–Crippen LogP) is 3.64. The molecule has 0 spiro atoms. The van der Waals surface area contributed by atoms with Crippen LogP contribution >= 0.6 is 11.3 Å². The molecule has 1 heterocycles. The van der Waals surface area contributed by atoms with Gasteiger partial charge in [-0.05, 0) is 36.2 Å². The van der Waals surface area contributed by atoms with Crippen molar-refractivity contribution < 1.29 is 13.2 Å². The highest BCUT2D eigenvalue weighted by Gasteiger charge is 2.32. The van der Waals surface area contributed by atoms with Crippen molar-refractivity contribution in [3.05, 3.63) is 34.7 Å². The van der Waals surface area contributed by atoms with Crippen LogP contribution in [0.3, 0.4) is 0 Å². The van der Waals surface area contributed by atoms with Gasteiger partial charge in [-0.25, -0.2) is 0 Å². The Morgan fingerprint density at radius 3 is 2.62 bits per heavy atom. The van der Waals surface area contributed by atoms with Crippen molar-refractivity contribution in [1.82, 2.24) is 5.32 Å². The lowest BCUT2D eigenvalue weighted by molar-refractivity contribution is -0.134.